The SMILES string of the molecule is O=C(COC(=O)c1ccc[nH]1)Nc1ccc(F)cc1Cl. The maximum Gasteiger partial charge on any atom is 0.355 e. The highest BCUT2D eigenvalue weighted by atomic mass is 35.5. The molecule has 2 aromatic rings. The first kappa shape index (κ1) is 14.1. The van der Waals surface area contributed by atoms with Gasteiger partial charge in [0.15, 0.2) is 6.61 Å². The molecule has 7 heteroatoms. The lowest BCUT2D eigenvalue weighted by Crippen LogP contribution is -2.21. The van der Waals surface area contributed by atoms with E-state index >= 15 is 0 Å². The van der Waals surface area contributed by atoms with Gasteiger partial charge in [0.1, 0.15) is 11.5 Å². The van der Waals surface area contributed by atoms with Crippen LogP contribution >= 0.6 is 11.6 Å². The molecule has 0 saturated carbocycles. The number of rotatable bonds is 4. The number of hydrogen-bond donors (Lipinski definition) is 2. The smallest absolute Gasteiger partial charge is 0.355 e. The zero-order chi connectivity index (χ0) is 14.5. The van der Waals surface area contributed by atoms with Crippen molar-refractivity contribution in [1.82, 2.24) is 4.98 Å². The molecular weight excluding hydrogens is 287 g/mol. The van der Waals surface area contributed by atoms with Gasteiger partial charge in [0, 0.05) is 6.20 Å². The van der Waals surface area contributed by atoms with Crippen LogP contribution in [0.5, 0.6) is 0 Å². The van der Waals surface area contributed by atoms with Gasteiger partial charge in [-0.3, -0.25) is 4.79 Å². The molecule has 1 aromatic carbocycles. The predicted molar refractivity (Wildman–Crippen MR) is 71.1 cm³/mol. The molecular formula is C13H10ClFN2O3. The number of carbonyl (C=O) groups excluding carboxylic acids is 2. The van der Waals surface area contributed by atoms with Crippen LogP contribution < -0.4 is 5.32 Å². The molecule has 0 aliphatic rings. The van der Waals surface area contributed by atoms with Crippen LogP contribution in [-0.4, -0.2) is 23.5 Å². The number of anilines is 1. The molecule has 2 rings (SSSR count). The Bertz CT molecular complexity index is 629. The standard InChI is InChI=1S/C13H10ClFN2O3/c14-9-6-8(15)3-4-10(9)17-12(18)7-20-13(19)11-2-1-5-16-11/h1-6,16H,7H2,(H,17,18). The van der Waals surface area contributed by atoms with E-state index in [1.807, 2.05) is 0 Å². The number of esters is 1. The summed E-state index contributed by atoms with van der Waals surface area (Å²) in [4.78, 5) is 25.7. The summed E-state index contributed by atoms with van der Waals surface area (Å²) >= 11 is 5.75. The maximum atomic E-state index is 12.8. The van der Waals surface area contributed by atoms with Gasteiger partial charge in [-0.2, -0.15) is 0 Å². The quantitative estimate of drug-likeness (QED) is 0.852. The van der Waals surface area contributed by atoms with E-state index in [2.05, 4.69) is 10.3 Å². The van der Waals surface area contributed by atoms with Crippen LogP contribution in [0, 0.1) is 5.82 Å². The number of amides is 1. The lowest BCUT2D eigenvalue weighted by atomic mass is 10.3. The minimum Gasteiger partial charge on any atom is -0.451 e. The molecule has 0 fully saturated rings. The molecule has 0 bridgehead atoms. The van der Waals surface area contributed by atoms with Gasteiger partial charge < -0.3 is 15.0 Å². The van der Waals surface area contributed by atoms with Gasteiger partial charge in [0.05, 0.1) is 10.7 Å². The number of hydrogen-bond acceptors (Lipinski definition) is 3. The van der Waals surface area contributed by atoms with E-state index in [1.54, 1.807) is 12.3 Å². The van der Waals surface area contributed by atoms with Crippen molar-refractivity contribution in [2.45, 2.75) is 0 Å². The van der Waals surface area contributed by atoms with E-state index < -0.39 is 24.3 Å². The molecule has 0 atom stereocenters. The van der Waals surface area contributed by atoms with E-state index in [4.69, 9.17) is 16.3 Å². The fourth-order valence-electron chi connectivity index (χ4n) is 1.44. The zero-order valence-corrected chi connectivity index (χ0v) is 10.9. The highest BCUT2D eigenvalue weighted by molar-refractivity contribution is 6.33. The molecule has 1 amide bonds. The molecule has 5 nitrogen and oxygen atoms in total. The van der Waals surface area contributed by atoms with Crippen molar-refractivity contribution >= 4 is 29.2 Å². The summed E-state index contributed by atoms with van der Waals surface area (Å²) in [5.74, 6) is -1.72. The van der Waals surface area contributed by atoms with E-state index in [9.17, 15) is 14.0 Å². The number of ether oxygens (including phenoxy) is 1. The minimum absolute atomic E-state index is 0.0639. The number of nitrogens with one attached hydrogen (secondary N) is 2. The molecule has 0 spiro atoms. The Balaban J connectivity index is 1.88. The first-order valence-electron chi connectivity index (χ1n) is 5.61. The highest BCUT2D eigenvalue weighted by Gasteiger charge is 2.12. The van der Waals surface area contributed by atoms with Crippen LogP contribution in [0.4, 0.5) is 10.1 Å². The second-order valence-electron chi connectivity index (χ2n) is 3.83. The third-order valence-electron chi connectivity index (χ3n) is 2.36. The van der Waals surface area contributed by atoms with Crippen molar-refractivity contribution in [2.24, 2.45) is 0 Å². The monoisotopic (exact) mass is 296 g/mol. The Morgan fingerprint density at radius 2 is 2.15 bits per heavy atom. The Hall–Kier alpha value is -2.34. The molecule has 104 valence electrons. The van der Waals surface area contributed by atoms with E-state index in [0.717, 1.165) is 12.1 Å². The van der Waals surface area contributed by atoms with Crippen molar-refractivity contribution in [3.63, 3.8) is 0 Å². The fraction of sp³-hybridized carbons (Fsp3) is 0.0769. The van der Waals surface area contributed by atoms with Gasteiger partial charge in [0.2, 0.25) is 0 Å². The third-order valence-corrected chi connectivity index (χ3v) is 2.67. The molecule has 0 aliphatic heterocycles. The summed E-state index contributed by atoms with van der Waals surface area (Å²) in [6.45, 7) is -0.467. The van der Waals surface area contributed by atoms with Gasteiger partial charge in [-0.15, -0.1) is 0 Å². The number of benzene rings is 1. The second kappa shape index (κ2) is 6.21. The fourth-order valence-corrected chi connectivity index (χ4v) is 1.66. The number of aromatic nitrogens is 1. The Labute approximate surface area is 118 Å². The van der Waals surface area contributed by atoms with Crippen LogP contribution in [0.3, 0.4) is 0 Å². The first-order chi connectivity index (χ1) is 9.56. The van der Waals surface area contributed by atoms with Gasteiger partial charge in [-0.25, -0.2) is 9.18 Å². The lowest BCUT2D eigenvalue weighted by Gasteiger charge is -2.07. The topological polar surface area (TPSA) is 71.2 Å². The minimum atomic E-state index is -0.643. The summed E-state index contributed by atoms with van der Waals surface area (Å²) < 4.78 is 17.6. The van der Waals surface area contributed by atoms with E-state index in [0.29, 0.717) is 0 Å². The van der Waals surface area contributed by atoms with Crippen LogP contribution in [0.1, 0.15) is 10.5 Å². The average molecular weight is 297 g/mol. The third kappa shape index (κ3) is 3.58. The van der Waals surface area contributed by atoms with Crippen molar-refractivity contribution in [2.75, 3.05) is 11.9 Å². The summed E-state index contributed by atoms with van der Waals surface area (Å²) in [6.07, 6.45) is 1.56. The van der Waals surface area contributed by atoms with Gasteiger partial charge in [-0.05, 0) is 30.3 Å². The largest absolute Gasteiger partial charge is 0.451 e. The molecule has 0 unspecified atom stereocenters. The van der Waals surface area contributed by atoms with Gasteiger partial charge >= 0.3 is 5.97 Å². The molecule has 20 heavy (non-hydrogen) atoms. The Morgan fingerprint density at radius 1 is 1.35 bits per heavy atom. The van der Waals surface area contributed by atoms with Crippen LogP contribution in [0.25, 0.3) is 0 Å². The highest BCUT2D eigenvalue weighted by Crippen LogP contribution is 2.22. The second-order valence-corrected chi connectivity index (χ2v) is 4.24. The zero-order valence-electron chi connectivity index (χ0n) is 10.2. The molecule has 2 N–H and O–H groups in total. The van der Waals surface area contributed by atoms with Crippen LogP contribution in [0.15, 0.2) is 36.5 Å². The summed E-state index contributed by atoms with van der Waals surface area (Å²) in [7, 11) is 0. The maximum absolute atomic E-state index is 12.8. The molecule has 0 saturated heterocycles. The van der Waals surface area contributed by atoms with E-state index in [-0.39, 0.29) is 16.4 Å². The van der Waals surface area contributed by atoms with Crippen LogP contribution in [0.2, 0.25) is 5.02 Å². The van der Waals surface area contributed by atoms with Crippen LogP contribution in [-0.2, 0) is 9.53 Å². The number of H-pyrrole nitrogens is 1. The average Bonchev–Trinajstić information content (AvgIpc) is 2.93. The van der Waals surface area contributed by atoms with Crippen molar-refractivity contribution in [1.29, 1.82) is 0 Å². The normalized spacial score (nSPS) is 10.1. The lowest BCUT2D eigenvalue weighted by molar-refractivity contribution is -0.119. The Kier molecular flexibility index (Phi) is 4.37. The predicted octanol–water partition coefficient (Wildman–Crippen LogP) is 2.60. The molecule has 0 aliphatic carbocycles. The molecule has 0 radical (unpaired) electrons. The van der Waals surface area contributed by atoms with Crippen molar-refractivity contribution < 1.29 is 18.7 Å². The number of halogens is 2. The van der Waals surface area contributed by atoms with Gasteiger partial charge in [0.25, 0.3) is 5.91 Å². The van der Waals surface area contributed by atoms with Crippen molar-refractivity contribution in [3.05, 3.63) is 53.1 Å². The Morgan fingerprint density at radius 3 is 2.80 bits per heavy atom. The van der Waals surface area contributed by atoms with Gasteiger partial charge in [-0.1, -0.05) is 11.6 Å². The van der Waals surface area contributed by atoms with E-state index in [1.165, 1.54) is 12.1 Å². The van der Waals surface area contributed by atoms with Crippen molar-refractivity contribution in [3.8, 4) is 0 Å². The summed E-state index contributed by atoms with van der Waals surface area (Å²) in [6, 6.07) is 6.71. The molecule has 1 heterocycles. The number of carbonyl (C=O) groups is 2. The molecule has 1 aromatic heterocycles. The summed E-state index contributed by atoms with van der Waals surface area (Å²) in [5, 5.41) is 2.48. The summed E-state index contributed by atoms with van der Waals surface area (Å²) in [5.41, 5.74) is 0.492. The number of aromatic amines is 1. The first-order valence-corrected chi connectivity index (χ1v) is 5.99.